The first-order chi connectivity index (χ1) is 7.63. The zero-order valence-corrected chi connectivity index (χ0v) is 10.4. The minimum atomic E-state index is 0.530. The quantitative estimate of drug-likeness (QED) is 0.749. The summed E-state index contributed by atoms with van der Waals surface area (Å²) in [5.74, 6) is 0.814. The van der Waals surface area contributed by atoms with Crippen molar-refractivity contribution in [2.45, 2.75) is 25.8 Å². The second-order valence-corrected chi connectivity index (χ2v) is 4.92. The molecule has 0 saturated heterocycles. The first-order valence-electron chi connectivity index (χ1n) is 5.61. The van der Waals surface area contributed by atoms with E-state index >= 15 is 0 Å². The maximum Gasteiger partial charge on any atom is 0.151 e. The van der Waals surface area contributed by atoms with E-state index in [0.717, 1.165) is 17.9 Å². The highest BCUT2D eigenvalue weighted by atomic mass is 35.5. The average Bonchev–Trinajstić information content (AvgIpc) is 3.11. The number of carbonyl (C=O) groups is 1. The van der Waals surface area contributed by atoms with Gasteiger partial charge in [0.05, 0.1) is 5.02 Å². The molecule has 1 aromatic rings. The Labute approximate surface area is 101 Å². The van der Waals surface area contributed by atoms with E-state index in [1.165, 1.54) is 12.8 Å². The Kier molecular flexibility index (Phi) is 3.20. The summed E-state index contributed by atoms with van der Waals surface area (Å²) in [5, 5.41) is 0.530. The van der Waals surface area contributed by atoms with E-state index in [-0.39, 0.29) is 0 Å². The number of anilines is 1. The zero-order chi connectivity index (χ0) is 11.7. The van der Waals surface area contributed by atoms with Gasteiger partial charge in [-0.15, -0.1) is 0 Å². The average molecular weight is 238 g/mol. The smallest absolute Gasteiger partial charge is 0.151 e. The highest BCUT2D eigenvalue weighted by molar-refractivity contribution is 6.33. The monoisotopic (exact) mass is 237 g/mol. The molecule has 1 saturated carbocycles. The van der Waals surface area contributed by atoms with E-state index in [0.29, 0.717) is 16.6 Å². The molecule has 0 aliphatic heterocycles. The van der Waals surface area contributed by atoms with E-state index in [1.54, 1.807) is 6.07 Å². The van der Waals surface area contributed by atoms with Crippen molar-refractivity contribution in [1.82, 2.24) is 0 Å². The predicted molar refractivity (Wildman–Crippen MR) is 67.4 cm³/mol. The number of rotatable bonds is 4. The highest BCUT2D eigenvalue weighted by Gasteiger charge is 2.30. The third kappa shape index (κ3) is 2.22. The van der Waals surface area contributed by atoms with Gasteiger partial charge in [-0.1, -0.05) is 11.6 Å². The van der Waals surface area contributed by atoms with Gasteiger partial charge in [0.15, 0.2) is 6.29 Å². The van der Waals surface area contributed by atoms with E-state index in [2.05, 4.69) is 18.9 Å². The van der Waals surface area contributed by atoms with Crippen molar-refractivity contribution in [3.8, 4) is 0 Å². The Balaban J connectivity index is 2.19. The van der Waals surface area contributed by atoms with Gasteiger partial charge >= 0.3 is 0 Å². The molecule has 1 aromatic carbocycles. The molecule has 0 radical (unpaired) electrons. The molecule has 0 amide bonds. The summed E-state index contributed by atoms with van der Waals surface area (Å²) in [4.78, 5) is 12.9. The number of aldehydes is 1. The topological polar surface area (TPSA) is 20.3 Å². The molecule has 2 rings (SSSR count). The predicted octanol–water partition coefficient (Wildman–Crippen LogP) is 3.39. The maximum atomic E-state index is 10.7. The van der Waals surface area contributed by atoms with Crippen LogP contribution in [0.3, 0.4) is 0 Å². The Morgan fingerprint density at radius 3 is 2.69 bits per heavy atom. The molecule has 1 aliphatic rings. The van der Waals surface area contributed by atoms with Gasteiger partial charge in [-0.05, 0) is 43.9 Å². The van der Waals surface area contributed by atoms with E-state index in [9.17, 15) is 4.79 Å². The fourth-order valence-electron chi connectivity index (χ4n) is 1.96. The highest BCUT2D eigenvalue weighted by Crippen LogP contribution is 2.36. The van der Waals surface area contributed by atoms with Crippen molar-refractivity contribution in [3.63, 3.8) is 0 Å². The van der Waals surface area contributed by atoms with Gasteiger partial charge in [0.25, 0.3) is 0 Å². The molecular weight excluding hydrogens is 222 g/mol. The summed E-state index contributed by atoms with van der Waals surface area (Å²) < 4.78 is 0. The van der Waals surface area contributed by atoms with Gasteiger partial charge in [0.1, 0.15) is 0 Å². The van der Waals surface area contributed by atoms with Crippen LogP contribution in [-0.2, 0) is 0 Å². The fourth-order valence-corrected chi connectivity index (χ4v) is 2.18. The maximum absolute atomic E-state index is 10.7. The van der Waals surface area contributed by atoms with Crippen molar-refractivity contribution in [2.75, 3.05) is 11.9 Å². The van der Waals surface area contributed by atoms with Gasteiger partial charge in [-0.2, -0.15) is 0 Å². The summed E-state index contributed by atoms with van der Waals surface area (Å²) in [6.45, 7) is 2.24. The van der Waals surface area contributed by atoms with Crippen LogP contribution in [0.2, 0.25) is 5.02 Å². The summed E-state index contributed by atoms with van der Waals surface area (Å²) in [6, 6.07) is 6.14. The molecule has 3 heteroatoms. The van der Waals surface area contributed by atoms with Gasteiger partial charge in [-0.25, -0.2) is 0 Å². The van der Waals surface area contributed by atoms with Crippen LogP contribution in [0.1, 0.15) is 30.1 Å². The van der Waals surface area contributed by atoms with Crippen LogP contribution in [0.25, 0.3) is 0 Å². The second-order valence-electron chi connectivity index (χ2n) is 4.51. The first kappa shape index (κ1) is 11.5. The van der Waals surface area contributed by atoms with Crippen LogP contribution in [0, 0.1) is 5.92 Å². The van der Waals surface area contributed by atoms with Crippen LogP contribution in [0.15, 0.2) is 18.2 Å². The molecule has 0 spiro atoms. The third-order valence-corrected chi connectivity index (χ3v) is 3.76. The minimum absolute atomic E-state index is 0.530. The van der Waals surface area contributed by atoms with Gasteiger partial charge < -0.3 is 4.90 Å². The normalized spacial score (nSPS) is 16.9. The second kappa shape index (κ2) is 4.46. The molecule has 0 bridgehead atoms. The molecule has 16 heavy (non-hydrogen) atoms. The number of nitrogens with zero attached hydrogens (tertiary/aromatic N) is 1. The number of carbonyl (C=O) groups excluding carboxylic acids is 1. The Hall–Kier alpha value is -1.02. The minimum Gasteiger partial charge on any atom is -0.372 e. The largest absolute Gasteiger partial charge is 0.372 e. The molecule has 0 aromatic heterocycles. The van der Waals surface area contributed by atoms with Crippen LogP contribution in [-0.4, -0.2) is 19.4 Å². The lowest BCUT2D eigenvalue weighted by molar-refractivity contribution is 0.112. The van der Waals surface area contributed by atoms with E-state index in [4.69, 9.17) is 11.6 Å². The Morgan fingerprint density at radius 2 is 2.19 bits per heavy atom. The van der Waals surface area contributed by atoms with Gasteiger partial charge in [0.2, 0.25) is 0 Å². The van der Waals surface area contributed by atoms with Crippen LogP contribution < -0.4 is 4.90 Å². The zero-order valence-electron chi connectivity index (χ0n) is 9.61. The van der Waals surface area contributed by atoms with Crippen molar-refractivity contribution < 1.29 is 4.79 Å². The number of benzene rings is 1. The standard InChI is InChI=1S/C13H16ClNO/c1-9(10-3-4-10)15(2)12-6-5-11(8-16)13(14)7-12/h5-10H,3-4H2,1-2H3. The Bertz CT molecular complexity index is 401. The molecular formula is C13H16ClNO. The summed E-state index contributed by atoms with van der Waals surface area (Å²) in [5.41, 5.74) is 1.63. The van der Waals surface area contributed by atoms with E-state index < -0.39 is 0 Å². The lowest BCUT2D eigenvalue weighted by atomic mass is 10.1. The summed E-state index contributed by atoms with van der Waals surface area (Å²) >= 11 is 6.02. The van der Waals surface area contributed by atoms with Gasteiger partial charge in [0, 0.05) is 24.3 Å². The molecule has 0 N–H and O–H groups in total. The van der Waals surface area contributed by atoms with Crippen molar-refractivity contribution >= 4 is 23.6 Å². The lowest BCUT2D eigenvalue weighted by Crippen LogP contribution is -2.30. The van der Waals surface area contributed by atoms with Crippen LogP contribution >= 0.6 is 11.6 Å². The molecule has 1 atom stereocenters. The summed E-state index contributed by atoms with van der Waals surface area (Å²) in [7, 11) is 2.08. The SMILES string of the molecule is CC(C1CC1)N(C)c1ccc(C=O)c(Cl)c1. The molecule has 86 valence electrons. The molecule has 1 fully saturated rings. The Morgan fingerprint density at radius 1 is 1.50 bits per heavy atom. The van der Waals surface area contributed by atoms with Crippen LogP contribution in [0.4, 0.5) is 5.69 Å². The fraction of sp³-hybridized carbons (Fsp3) is 0.462. The molecule has 1 aliphatic carbocycles. The first-order valence-corrected chi connectivity index (χ1v) is 5.99. The molecule has 1 unspecified atom stereocenters. The van der Waals surface area contributed by atoms with Crippen LogP contribution in [0.5, 0.6) is 0 Å². The van der Waals surface area contributed by atoms with E-state index in [1.807, 2.05) is 12.1 Å². The third-order valence-electron chi connectivity index (χ3n) is 3.43. The summed E-state index contributed by atoms with van der Waals surface area (Å²) in [6.07, 6.45) is 3.44. The molecule has 2 nitrogen and oxygen atoms in total. The number of halogens is 1. The lowest BCUT2D eigenvalue weighted by Gasteiger charge is -2.27. The van der Waals surface area contributed by atoms with Crippen molar-refractivity contribution in [2.24, 2.45) is 5.92 Å². The molecule has 0 heterocycles. The number of hydrogen-bond donors (Lipinski definition) is 0. The number of hydrogen-bond acceptors (Lipinski definition) is 2. The van der Waals surface area contributed by atoms with Crippen molar-refractivity contribution in [3.05, 3.63) is 28.8 Å². The van der Waals surface area contributed by atoms with Crippen molar-refractivity contribution in [1.29, 1.82) is 0 Å². The van der Waals surface area contributed by atoms with Gasteiger partial charge in [-0.3, -0.25) is 4.79 Å².